The second-order valence-corrected chi connectivity index (χ2v) is 3.20. The minimum absolute atomic E-state index is 0.162. The summed E-state index contributed by atoms with van der Waals surface area (Å²) in [7, 11) is 0. The van der Waals surface area contributed by atoms with E-state index in [-0.39, 0.29) is 12.8 Å². The Balaban J connectivity index is 4.22. The fraction of sp³-hybridized carbons (Fsp3) is 0.700. The summed E-state index contributed by atoms with van der Waals surface area (Å²) in [6, 6.07) is 0. The molecule has 0 atom stereocenters. The van der Waals surface area contributed by atoms with Crippen LogP contribution in [0.2, 0.25) is 0 Å². The Hall–Kier alpha value is -1.59. The van der Waals surface area contributed by atoms with Crippen molar-refractivity contribution in [2.75, 3.05) is 0 Å². The van der Waals surface area contributed by atoms with Gasteiger partial charge in [0.25, 0.3) is 5.91 Å². The molecule has 0 aliphatic carbocycles. The lowest BCUT2D eigenvalue weighted by Crippen LogP contribution is -2.34. The highest BCUT2D eigenvalue weighted by atomic mass is 17.0. The third kappa shape index (κ3) is 6.00. The maximum absolute atomic E-state index is 11.1. The highest BCUT2D eigenvalue weighted by molar-refractivity contribution is 5.77. The molecule has 0 saturated carbocycles. The van der Waals surface area contributed by atoms with E-state index in [0.29, 0.717) is 18.1 Å². The molecule has 0 N–H and O–H groups in total. The molecule has 0 aliphatic rings. The highest BCUT2D eigenvalue weighted by Gasteiger charge is 2.19. The highest BCUT2D eigenvalue weighted by Crippen LogP contribution is 2.02. The summed E-state index contributed by atoms with van der Waals surface area (Å²) in [5.41, 5.74) is 0. The summed E-state index contributed by atoms with van der Waals surface area (Å²) in [6.07, 6.45) is 1.51. The van der Waals surface area contributed by atoms with Gasteiger partial charge in [0.1, 0.15) is 0 Å². The number of hydrogen-bond donors (Lipinski definition) is 0. The first-order valence-corrected chi connectivity index (χ1v) is 5.23. The molecule has 0 spiro atoms. The minimum atomic E-state index is -0.658. The minimum Gasteiger partial charge on any atom is -0.303 e. The van der Waals surface area contributed by atoms with Gasteiger partial charge in [-0.1, -0.05) is 13.8 Å². The molecule has 0 aromatic carbocycles. The molecule has 6 heteroatoms. The van der Waals surface area contributed by atoms with Crippen LogP contribution in [-0.2, 0) is 24.1 Å². The van der Waals surface area contributed by atoms with E-state index >= 15 is 0 Å². The van der Waals surface area contributed by atoms with Gasteiger partial charge in [0.15, 0.2) is 0 Å². The number of rotatable bonds is 4. The van der Waals surface area contributed by atoms with Crippen LogP contribution in [0.4, 0.5) is 0 Å². The summed E-state index contributed by atoms with van der Waals surface area (Å²) in [5, 5.41) is 0.329. The lowest BCUT2D eigenvalue weighted by atomic mass is 10.3. The molecule has 0 unspecified atom stereocenters. The predicted octanol–water partition coefficient (Wildman–Crippen LogP) is 1.35. The lowest BCUT2D eigenvalue weighted by Gasteiger charge is -2.17. The molecule has 0 aromatic heterocycles. The van der Waals surface area contributed by atoms with Crippen LogP contribution in [0, 0.1) is 0 Å². The van der Waals surface area contributed by atoms with Gasteiger partial charge in [0.05, 0.1) is 0 Å². The van der Waals surface area contributed by atoms with E-state index in [9.17, 15) is 14.4 Å². The van der Waals surface area contributed by atoms with Crippen molar-refractivity contribution < 1.29 is 24.1 Å². The standard InChI is InChI=1S/C10H17NO5/c1-4-6-9(13)15-11(8(3)12)16-10(14)7-5-2/h4-7H2,1-3H3. The van der Waals surface area contributed by atoms with Crippen molar-refractivity contribution in [2.45, 2.75) is 46.5 Å². The van der Waals surface area contributed by atoms with Gasteiger partial charge in [-0.25, -0.2) is 9.59 Å². The van der Waals surface area contributed by atoms with Crippen molar-refractivity contribution in [3.63, 3.8) is 0 Å². The van der Waals surface area contributed by atoms with Gasteiger partial charge in [-0.15, -0.1) is 0 Å². The Morgan fingerprint density at radius 3 is 1.56 bits per heavy atom. The molecular formula is C10H17NO5. The van der Waals surface area contributed by atoms with Crippen LogP contribution in [0.25, 0.3) is 0 Å². The van der Waals surface area contributed by atoms with E-state index in [1.54, 1.807) is 13.8 Å². The molecule has 1 amide bonds. The summed E-state index contributed by atoms with van der Waals surface area (Å²) >= 11 is 0. The third-order valence-electron chi connectivity index (χ3n) is 1.53. The van der Waals surface area contributed by atoms with Gasteiger partial charge in [0.2, 0.25) is 0 Å². The Labute approximate surface area is 94.4 Å². The Morgan fingerprint density at radius 2 is 1.31 bits per heavy atom. The van der Waals surface area contributed by atoms with Crippen LogP contribution in [0.3, 0.4) is 0 Å². The molecule has 0 aliphatic heterocycles. The van der Waals surface area contributed by atoms with E-state index in [4.69, 9.17) is 0 Å². The fourth-order valence-corrected chi connectivity index (χ4v) is 0.832. The number of hydroxylamine groups is 2. The topological polar surface area (TPSA) is 72.9 Å². The van der Waals surface area contributed by atoms with E-state index in [0.717, 1.165) is 6.92 Å². The molecule has 0 bridgehead atoms. The molecular weight excluding hydrogens is 214 g/mol. The van der Waals surface area contributed by atoms with Crippen molar-refractivity contribution in [1.29, 1.82) is 0 Å². The number of carbonyl (C=O) groups is 3. The summed E-state index contributed by atoms with van der Waals surface area (Å²) in [6.45, 7) is 4.73. The van der Waals surface area contributed by atoms with Crippen LogP contribution < -0.4 is 0 Å². The van der Waals surface area contributed by atoms with Crippen LogP contribution >= 0.6 is 0 Å². The number of amides is 1. The van der Waals surface area contributed by atoms with Crippen LogP contribution in [0.5, 0.6) is 0 Å². The molecule has 0 rings (SSSR count). The number of carbonyl (C=O) groups excluding carboxylic acids is 3. The lowest BCUT2D eigenvalue weighted by molar-refractivity contribution is -0.305. The van der Waals surface area contributed by atoms with Gasteiger partial charge < -0.3 is 9.68 Å². The number of nitrogens with zero attached hydrogens (tertiary/aromatic N) is 1. The van der Waals surface area contributed by atoms with Gasteiger partial charge in [0, 0.05) is 25.0 Å². The Morgan fingerprint density at radius 1 is 0.938 bits per heavy atom. The summed E-state index contributed by atoms with van der Waals surface area (Å²) < 4.78 is 0. The van der Waals surface area contributed by atoms with Crippen molar-refractivity contribution in [1.82, 2.24) is 5.23 Å². The molecule has 0 aromatic rings. The second-order valence-electron chi connectivity index (χ2n) is 3.20. The molecule has 92 valence electrons. The van der Waals surface area contributed by atoms with Gasteiger partial charge in [-0.2, -0.15) is 0 Å². The van der Waals surface area contributed by atoms with Crippen LogP contribution in [0.1, 0.15) is 46.5 Å². The second kappa shape index (κ2) is 7.67. The first-order chi connectivity index (χ1) is 7.51. The molecule has 0 radical (unpaired) electrons. The number of hydrogen-bond acceptors (Lipinski definition) is 5. The summed E-state index contributed by atoms with van der Waals surface area (Å²) in [5.74, 6) is -1.88. The maximum atomic E-state index is 11.1. The van der Waals surface area contributed by atoms with Crippen molar-refractivity contribution in [3.05, 3.63) is 0 Å². The van der Waals surface area contributed by atoms with E-state index in [2.05, 4.69) is 9.68 Å². The van der Waals surface area contributed by atoms with Crippen LogP contribution in [0.15, 0.2) is 0 Å². The molecule has 0 saturated heterocycles. The zero-order chi connectivity index (χ0) is 12.6. The van der Waals surface area contributed by atoms with Crippen LogP contribution in [-0.4, -0.2) is 23.1 Å². The zero-order valence-electron chi connectivity index (χ0n) is 9.82. The quantitative estimate of drug-likeness (QED) is 0.683. The van der Waals surface area contributed by atoms with E-state index in [1.165, 1.54) is 0 Å². The smallest absolute Gasteiger partial charge is 0.303 e. The average molecular weight is 231 g/mol. The monoisotopic (exact) mass is 231 g/mol. The Kier molecular flexibility index (Phi) is 6.91. The zero-order valence-corrected chi connectivity index (χ0v) is 9.82. The fourth-order valence-electron chi connectivity index (χ4n) is 0.832. The molecule has 0 fully saturated rings. The largest absolute Gasteiger partial charge is 0.336 e. The molecule has 6 nitrogen and oxygen atoms in total. The van der Waals surface area contributed by atoms with Gasteiger partial charge in [-0.05, 0) is 12.8 Å². The van der Waals surface area contributed by atoms with Gasteiger partial charge in [-0.3, -0.25) is 4.79 Å². The Bertz CT molecular complexity index is 244. The normalized spacial score (nSPS) is 9.44. The van der Waals surface area contributed by atoms with E-state index < -0.39 is 17.8 Å². The SMILES string of the molecule is CCCC(=O)ON(OC(=O)CCC)C(C)=O. The average Bonchev–Trinajstić information content (AvgIpc) is 2.17. The van der Waals surface area contributed by atoms with Gasteiger partial charge >= 0.3 is 11.9 Å². The van der Waals surface area contributed by atoms with Crippen molar-refractivity contribution >= 4 is 17.8 Å². The molecule has 16 heavy (non-hydrogen) atoms. The van der Waals surface area contributed by atoms with Crippen molar-refractivity contribution in [3.8, 4) is 0 Å². The molecule has 0 heterocycles. The first kappa shape index (κ1) is 14.4. The van der Waals surface area contributed by atoms with E-state index in [1.807, 2.05) is 0 Å². The van der Waals surface area contributed by atoms with Crippen molar-refractivity contribution in [2.24, 2.45) is 0 Å². The first-order valence-electron chi connectivity index (χ1n) is 5.23. The predicted molar refractivity (Wildman–Crippen MR) is 54.5 cm³/mol. The maximum Gasteiger partial charge on any atom is 0.336 e. The third-order valence-corrected chi connectivity index (χ3v) is 1.53. The summed E-state index contributed by atoms with van der Waals surface area (Å²) in [4.78, 5) is 42.3.